The Bertz CT molecular complexity index is 2220. The smallest absolute Gasteiger partial charge is 0.273 e. The van der Waals surface area contributed by atoms with Gasteiger partial charge in [-0.2, -0.15) is 0 Å². The molecule has 0 radical (unpaired) electrons. The standard InChI is InChI=1S/C39H23BF10OP/c1-39(2)21-15-9-17-23(40(25-27(41)31(45)35(49)32(46)28(25)42)26-29(43)33(47)36(50)34(48)30(26)44)37(21)51-38-22(39)16-10-18-24(38)52(19-11-5-3-6-12-19)20-13-7-4-8-14-20/h3-18,40H,1-2H3/q-1/p+1. The summed E-state index contributed by atoms with van der Waals surface area (Å²) in [6.45, 7) is -0.485. The topological polar surface area (TPSA) is 12.8 Å². The van der Waals surface area contributed by atoms with Crippen molar-refractivity contribution in [3.8, 4) is 11.5 Å². The molecule has 0 saturated carbocycles. The molecule has 0 saturated heterocycles. The highest BCUT2D eigenvalue weighted by atomic mass is 31.1. The maximum absolute atomic E-state index is 15.7. The van der Waals surface area contributed by atoms with E-state index in [-0.39, 0.29) is 5.75 Å². The summed E-state index contributed by atoms with van der Waals surface area (Å²) in [6, 6.07) is 28.3. The summed E-state index contributed by atoms with van der Waals surface area (Å²) in [5.41, 5.74) is -4.01. The third-order valence-electron chi connectivity index (χ3n) is 9.66. The first-order valence-electron chi connectivity index (χ1n) is 15.9. The largest absolute Gasteiger partial charge is 0.548 e. The lowest BCUT2D eigenvalue weighted by Crippen LogP contribution is -2.58. The van der Waals surface area contributed by atoms with Crippen molar-refractivity contribution in [2.75, 3.05) is 0 Å². The van der Waals surface area contributed by atoms with Crippen LogP contribution < -0.4 is 32.3 Å². The molecule has 1 N–H and O–H groups in total. The van der Waals surface area contributed by atoms with E-state index in [0.29, 0.717) is 22.2 Å². The normalized spacial score (nSPS) is 13.3. The van der Waals surface area contributed by atoms with Gasteiger partial charge in [-0.3, -0.25) is 0 Å². The van der Waals surface area contributed by atoms with Gasteiger partial charge in [-0.05, 0) is 36.7 Å². The van der Waals surface area contributed by atoms with Gasteiger partial charge in [0.05, 0.1) is 23.1 Å². The Morgan fingerprint density at radius 1 is 0.442 bits per heavy atom. The van der Waals surface area contributed by atoms with Crippen LogP contribution in [-0.4, -0.2) is 11.4 Å². The molecule has 0 amide bonds. The van der Waals surface area contributed by atoms with Crippen LogP contribution in [0.15, 0.2) is 97.1 Å². The average molecular weight is 740 g/mol. The van der Waals surface area contributed by atoms with E-state index in [1.807, 2.05) is 72.8 Å². The molecule has 264 valence electrons. The minimum absolute atomic E-state index is 0.170. The molecule has 0 fully saturated rings. The van der Waals surface area contributed by atoms with Gasteiger partial charge in [0, 0.05) is 5.41 Å². The lowest BCUT2D eigenvalue weighted by molar-refractivity contribution is 0.181. The Kier molecular flexibility index (Phi) is 8.94. The monoisotopic (exact) mass is 740 g/mol. The van der Waals surface area contributed by atoms with Gasteiger partial charge in [-0.25, -0.2) is 43.9 Å². The van der Waals surface area contributed by atoms with E-state index in [1.165, 1.54) is 6.07 Å². The number of rotatable bonds is 6. The highest BCUT2D eigenvalue weighted by Gasteiger charge is 2.43. The summed E-state index contributed by atoms with van der Waals surface area (Å²) in [7, 11) is -1.36. The maximum Gasteiger partial charge on any atom is 0.273 e. The van der Waals surface area contributed by atoms with Crippen molar-refractivity contribution < 1.29 is 48.6 Å². The molecule has 7 rings (SSSR count). The summed E-state index contributed by atoms with van der Waals surface area (Å²) < 4.78 is 155. The highest BCUT2D eigenvalue weighted by molar-refractivity contribution is 7.80. The SMILES string of the molecule is CC1(C)c2cccc([BH-](c3c(F)c(F)c(F)c(F)c3F)c3c(F)c(F)c(F)c(F)c3F)c2[OH+]c2c(P(c3ccccc3)c3ccccc3)cccc21. The molecule has 0 atom stereocenters. The van der Waals surface area contributed by atoms with E-state index in [9.17, 15) is 26.3 Å². The molecule has 0 bridgehead atoms. The summed E-state index contributed by atoms with van der Waals surface area (Å²) >= 11 is 0. The summed E-state index contributed by atoms with van der Waals surface area (Å²) in [4.78, 5) is 0. The molecule has 6 aromatic carbocycles. The molecular weight excluding hydrogens is 716 g/mol. The Balaban J connectivity index is 1.56. The summed E-state index contributed by atoms with van der Waals surface area (Å²) in [5.74, 6) is -24.7. The molecule has 52 heavy (non-hydrogen) atoms. The van der Waals surface area contributed by atoms with Crippen LogP contribution in [-0.2, 0) is 5.41 Å². The molecule has 6 aromatic rings. The summed E-state index contributed by atoms with van der Waals surface area (Å²) in [5, 5.41) is 2.52. The van der Waals surface area contributed by atoms with Crippen molar-refractivity contribution in [1.29, 1.82) is 0 Å². The van der Waals surface area contributed by atoms with Gasteiger partial charge in [-0.1, -0.05) is 92.7 Å². The van der Waals surface area contributed by atoms with Crippen molar-refractivity contribution in [2.24, 2.45) is 0 Å². The van der Waals surface area contributed by atoms with Crippen LogP contribution in [0.4, 0.5) is 43.9 Å². The predicted molar refractivity (Wildman–Crippen MR) is 183 cm³/mol. The van der Waals surface area contributed by atoms with Crippen molar-refractivity contribution in [3.63, 3.8) is 0 Å². The molecule has 13 heteroatoms. The Morgan fingerprint density at radius 3 is 1.27 bits per heavy atom. The zero-order chi connectivity index (χ0) is 37.2. The van der Waals surface area contributed by atoms with Gasteiger partial charge in [0.15, 0.2) is 34.9 Å². The molecule has 0 aromatic heterocycles. The third kappa shape index (κ3) is 5.38. The van der Waals surface area contributed by atoms with E-state index in [0.717, 1.165) is 16.7 Å². The van der Waals surface area contributed by atoms with Crippen LogP contribution in [0.5, 0.6) is 11.5 Å². The fourth-order valence-corrected chi connectivity index (χ4v) is 9.58. The highest BCUT2D eigenvalue weighted by Crippen LogP contribution is 2.50. The lowest BCUT2D eigenvalue weighted by atomic mass is 9.35. The first-order valence-corrected chi connectivity index (χ1v) is 17.2. The molecular formula is C39H24BF10OP. The number of hydrogen-bond acceptors (Lipinski definition) is 0. The van der Waals surface area contributed by atoms with Gasteiger partial charge in [-0.15, -0.1) is 16.4 Å². The second-order valence-electron chi connectivity index (χ2n) is 12.9. The number of para-hydroxylation sites is 2. The van der Waals surface area contributed by atoms with Crippen molar-refractivity contribution in [3.05, 3.63) is 166 Å². The zero-order valence-corrected chi connectivity index (χ0v) is 28.0. The first-order chi connectivity index (χ1) is 24.8. The quantitative estimate of drug-likeness (QED) is 0.0423. The minimum Gasteiger partial charge on any atom is -0.548 e. The number of fused-ring (bicyclic) bond motifs is 2. The minimum atomic E-state index is -4.04. The van der Waals surface area contributed by atoms with E-state index in [2.05, 4.69) is 0 Å². The van der Waals surface area contributed by atoms with Gasteiger partial charge in [0.1, 0.15) is 23.3 Å². The third-order valence-corrected chi connectivity index (χ3v) is 12.1. The van der Waals surface area contributed by atoms with Crippen LogP contribution in [0.1, 0.15) is 25.0 Å². The predicted octanol–water partition coefficient (Wildman–Crippen LogP) is 7.38. The summed E-state index contributed by atoms with van der Waals surface area (Å²) in [6.07, 6.45) is 0. The van der Waals surface area contributed by atoms with Gasteiger partial charge < -0.3 is 4.74 Å². The number of benzene rings is 6. The maximum atomic E-state index is 15.7. The zero-order valence-electron chi connectivity index (χ0n) is 27.1. The number of halogens is 10. The van der Waals surface area contributed by atoms with E-state index >= 15 is 17.6 Å². The molecule has 0 unspecified atom stereocenters. The molecule has 1 aliphatic rings. The molecule has 1 heterocycles. The van der Waals surface area contributed by atoms with Gasteiger partial charge in [0.25, 0.3) is 5.75 Å². The Morgan fingerprint density at radius 2 is 0.827 bits per heavy atom. The number of hydrogen-bond donors (Lipinski definition) is 0. The Hall–Kier alpha value is -5.09. The molecule has 1 aliphatic heterocycles. The lowest BCUT2D eigenvalue weighted by Gasteiger charge is -2.37. The van der Waals surface area contributed by atoms with Crippen LogP contribution in [0, 0.1) is 58.2 Å². The van der Waals surface area contributed by atoms with Crippen LogP contribution >= 0.6 is 7.92 Å². The number of aromatic hydroxyl groups is 2. The van der Waals surface area contributed by atoms with Crippen molar-refractivity contribution >= 4 is 46.9 Å². The fraction of sp³-hybridized carbons (Fsp3) is 0.0769. The van der Waals surface area contributed by atoms with Crippen LogP contribution in [0.3, 0.4) is 0 Å². The van der Waals surface area contributed by atoms with E-state index in [4.69, 9.17) is 4.74 Å². The molecule has 0 spiro atoms. The van der Waals surface area contributed by atoms with E-state index in [1.54, 1.807) is 26.0 Å². The second-order valence-corrected chi connectivity index (χ2v) is 15.0. The second kappa shape index (κ2) is 13.2. The fourth-order valence-electron chi connectivity index (χ4n) is 7.16. The van der Waals surface area contributed by atoms with Crippen LogP contribution in [0.2, 0.25) is 0 Å². The first kappa shape index (κ1) is 35.3. The Labute approximate surface area is 292 Å². The molecule has 0 aliphatic carbocycles. The molecule has 1 nitrogen and oxygen atoms in total. The van der Waals surface area contributed by atoms with E-state index < -0.39 is 94.6 Å². The van der Waals surface area contributed by atoms with Crippen molar-refractivity contribution in [2.45, 2.75) is 19.3 Å². The number of ether oxygens (including phenoxy) is 1. The van der Waals surface area contributed by atoms with Crippen molar-refractivity contribution in [1.82, 2.24) is 0 Å². The van der Waals surface area contributed by atoms with Gasteiger partial charge >= 0.3 is 0 Å². The average Bonchev–Trinajstić information content (AvgIpc) is 3.15. The van der Waals surface area contributed by atoms with Crippen LogP contribution in [0.25, 0.3) is 0 Å². The van der Waals surface area contributed by atoms with Gasteiger partial charge in [0.2, 0.25) is 5.75 Å².